The Morgan fingerprint density at radius 3 is 1.94 bits per heavy atom. The number of methoxy groups -OCH3 is 2. The third kappa shape index (κ3) is 4.09. The van der Waals surface area contributed by atoms with E-state index in [2.05, 4.69) is 32.9 Å². The molecule has 3 nitrogen and oxygen atoms in total. The third-order valence-electron chi connectivity index (χ3n) is 3.04. The predicted octanol–water partition coefficient (Wildman–Crippen LogP) is 2.51. The highest BCUT2D eigenvalue weighted by molar-refractivity contribution is 5.27. The molecule has 0 spiro atoms. The van der Waals surface area contributed by atoms with Crippen LogP contribution in [0.5, 0.6) is 0 Å². The lowest BCUT2D eigenvalue weighted by Crippen LogP contribution is -2.31. The quantitative estimate of drug-likeness (QED) is 0.818. The highest BCUT2D eigenvalue weighted by Gasteiger charge is 2.19. The normalized spacial score (nSPS) is 13.9. The van der Waals surface area contributed by atoms with E-state index in [-0.39, 0.29) is 5.41 Å². The summed E-state index contributed by atoms with van der Waals surface area (Å²) in [7, 11) is 3.06. The number of ether oxygens (including phenoxy) is 2. The van der Waals surface area contributed by atoms with E-state index in [1.807, 2.05) is 12.1 Å². The van der Waals surface area contributed by atoms with Crippen molar-refractivity contribution in [2.45, 2.75) is 45.0 Å². The Balaban J connectivity index is 2.69. The van der Waals surface area contributed by atoms with Gasteiger partial charge in [0.1, 0.15) is 6.10 Å². The van der Waals surface area contributed by atoms with Crippen LogP contribution in [0.3, 0.4) is 0 Å². The Labute approximate surface area is 110 Å². The average molecular weight is 252 g/mol. The molecule has 1 rings (SSSR count). The lowest BCUT2D eigenvalue weighted by Gasteiger charge is -2.21. The minimum atomic E-state index is -0.652. The number of hydrogen-bond donors (Lipinski definition) is 1. The van der Waals surface area contributed by atoms with Crippen LogP contribution >= 0.6 is 0 Å². The zero-order valence-electron chi connectivity index (χ0n) is 11.9. The van der Waals surface area contributed by atoms with E-state index in [9.17, 15) is 5.11 Å². The molecule has 1 unspecified atom stereocenters. The van der Waals surface area contributed by atoms with Gasteiger partial charge in [-0.3, -0.25) is 0 Å². The van der Waals surface area contributed by atoms with Gasteiger partial charge in [0.25, 0.3) is 0 Å². The van der Waals surface area contributed by atoms with E-state index in [4.69, 9.17) is 9.47 Å². The van der Waals surface area contributed by atoms with Gasteiger partial charge in [0.2, 0.25) is 0 Å². The van der Waals surface area contributed by atoms with Gasteiger partial charge in [-0.15, -0.1) is 0 Å². The van der Waals surface area contributed by atoms with Gasteiger partial charge in [-0.2, -0.15) is 0 Å². The van der Waals surface area contributed by atoms with Gasteiger partial charge >= 0.3 is 0 Å². The van der Waals surface area contributed by atoms with Crippen molar-refractivity contribution in [1.29, 1.82) is 0 Å². The molecule has 0 radical (unpaired) electrons. The minimum absolute atomic E-state index is 0.152. The van der Waals surface area contributed by atoms with Crippen LogP contribution in [0, 0.1) is 0 Å². The number of aliphatic hydroxyl groups is 1. The standard InChI is InChI=1S/C15H24O3/c1-15(2,3)12-8-6-11(7-9-12)10-13(16)14(17-4)18-5/h6-9,13-14,16H,10H2,1-5H3. The summed E-state index contributed by atoms with van der Waals surface area (Å²) < 4.78 is 10.1. The van der Waals surface area contributed by atoms with E-state index >= 15 is 0 Å². The maximum atomic E-state index is 9.94. The monoisotopic (exact) mass is 252 g/mol. The van der Waals surface area contributed by atoms with Crippen LogP contribution in [-0.2, 0) is 21.3 Å². The van der Waals surface area contributed by atoms with Crippen molar-refractivity contribution in [2.24, 2.45) is 0 Å². The summed E-state index contributed by atoms with van der Waals surface area (Å²) in [5.41, 5.74) is 2.52. The van der Waals surface area contributed by atoms with Crippen LogP contribution in [0.1, 0.15) is 31.9 Å². The minimum Gasteiger partial charge on any atom is -0.387 e. The lowest BCUT2D eigenvalue weighted by molar-refractivity contribution is -0.163. The van der Waals surface area contributed by atoms with Crippen molar-refractivity contribution in [1.82, 2.24) is 0 Å². The van der Waals surface area contributed by atoms with Crippen molar-refractivity contribution in [2.75, 3.05) is 14.2 Å². The van der Waals surface area contributed by atoms with Gasteiger partial charge in [-0.05, 0) is 16.5 Å². The summed E-state index contributed by atoms with van der Waals surface area (Å²) in [4.78, 5) is 0. The highest BCUT2D eigenvalue weighted by atomic mass is 16.7. The Morgan fingerprint density at radius 1 is 1.06 bits per heavy atom. The van der Waals surface area contributed by atoms with Crippen LogP contribution in [0.2, 0.25) is 0 Å². The van der Waals surface area contributed by atoms with Gasteiger partial charge in [0, 0.05) is 20.6 Å². The SMILES string of the molecule is COC(OC)C(O)Cc1ccc(C(C)(C)C)cc1. The van der Waals surface area contributed by atoms with Crippen molar-refractivity contribution in [3.8, 4) is 0 Å². The molecule has 0 amide bonds. The third-order valence-corrected chi connectivity index (χ3v) is 3.04. The molecule has 0 saturated carbocycles. The Morgan fingerprint density at radius 2 is 1.56 bits per heavy atom. The summed E-state index contributed by atoms with van der Waals surface area (Å²) in [6.07, 6.45) is -0.704. The summed E-state index contributed by atoms with van der Waals surface area (Å²) in [5.74, 6) is 0. The van der Waals surface area contributed by atoms with Gasteiger partial charge in [0.05, 0.1) is 0 Å². The van der Waals surface area contributed by atoms with Crippen LogP contribution in [0.25, 0.3) is 0 Å². The van der Waals surface area contributed by atoms with E-state index in [1.165, 1.54) is 19.8 Å². The first-order chi connectivity index (χ1) is 8.38. The van der Waals surface area contributed by atoms with Crippen molar-refractivity contribution in [3.05, 3.63) is 35.4 Å². The Kier molecular flexibility index (Phi) is 5.32. The van der Waals surface area contributed by atoms with Crippen LogP contribution in [-0.4, -0.2) is 31.7 Å². The molecule has 0 aliphatic heterocycles. The molecule has 0 aliphatic rings. The van der Waals surface area contributed by atoms with Gasteiger partial charge < -0.3 is 14.6 Å². The number of benzene rings is 1. The topological polar surface area (TPSA) is 38.7 Å². The maximum Gasteiger partial charge on any atom is 0.183 e. The molecule has 3 heteroatoms. The molecule has 0 aliphatic carbocycles. The summed E-state index contributed by atoms with van der Waals surface area (Å²) in [5, 5.41) is 9.94. The first-order valence-electron chi connectivity index (χ1n) is 6.21. The molecule has 1 atom stereocenters. The zero-order chi connectivity index (χ0) is 13.8. The van der Waals surface area contributed by atoms with E-state index in [1.54, 1.807) is 0 Å². The van der Waals surface area contributed by atoms with E-state index in [0.29, 0.717) is 6.42 Å². The summed E-state index contributed by atoms with van der Waals surface area (Å²) in [6, 6.07) is 8.31. The lowest BCUT2D eigenvalue weighted by atomic mass is 9.86. The summed E-state index contributed by atoms with van der Waals surface area (Å²) >= 11 is 0. The molecule has 1 aromatic rings. The fourth-order valence-corrected chi connectivity index (χ4v) is 1.89. The molecule has 102 valence electrons. The second-order valence-electron chi connectivity index (χ2n) is 5.56. The number of hydrogen-bond acceptors (Lipinski definition) is 3. The molecule has 18 heavy (non-hydrogen) atoms. The predicted molar refractivity (Wildman–Crippen MR) is 72.7 cm³/mol. The van der Waals surface area contributed by atoms with E-state index < -0.39 is 12.4 Å². The molecule has 0 fully saturated rings. The molecule has 1 aromatic carbocycles. The Bertz CT molecular complexity index is 347. The van der Waals surface area contributed by atoms with Crippen LogP contribution < -0.4 is 0 Å². The van der Waals surface area contributed by atoms with Gasteiger partial charge in [0.15, 0.2) is 6.29 Å². The van der Waals surface area contributed by atoms with E-state index in [0.717, 1.165) is 5.56 Å². The second kappa shape index (κ2) is 6.32. The van der Waals surface area contributed by atoms with Crippen molar-refractivity contribution < 1.29 is 14.6 Å². The fourth-order valence-electron chi connectivity index (χ4n) is 1.89. The molecule has 0 bridgehead atoms. The largest absolute Gasteiger partial charge is 0.387 e. The first kappa shape index (κ1) is 15.2. The van der Waals surface area contributed by atoms with Gasteiger partial charge in [-0.1, -0.05) is 45.0 Å². The molecule has 0 heterocycles. The van der Waals surface area contributed by atoms with Crippen LogP contribution in [0.15, 0.2) is 24.3 Å². The average Bonchev–Trinajstić information content (AvgIpc) is 2.30. The second-order valence-corrected chi connectivity index (χ2v) is 5.56. The Hall–Kier alpha value is -0.900. The maximum absolute atomic E-state index is 9.94. The van der Waals surface area contributed by atoms with Crippen molar-refractivity contribution >= 4 is 0 Å². The first-order valence-corrected chi connectivity index (χ1v) is 6.21. The number of aliphatic hydroxyl groups excluding tert-OH is 1. The molecular weight excluding hydrogens is 228 g/mol. The number of rotatable bonds is 5. The van der Waals surface area contributed by atoms with Crippen LogP contribution in [0.4, 0.5) is 0 Å². The molecule has 0 aromatic heterocycles. The van der Waals surface area contributed by atoms with Crippen molar-refractivity contribution in [3.63, 3.8) is 0 Å². The highest BCUT2D eigenvalue weighted by Crippen LogP contribution is 2.22. The smallest absolute Gasteiger partial charge is 0.183 e. The zero-order valence-corrected chi connectivity index (χ0v) is 11.9. The molecular formula is C15H24O3. The molecule has 0 saturated heterocycles. The molecule has 1 N–H and O–H groups in total. The summed E-state index contributed by atoms with van der Waals surface area (Å²) in [6.45, 7) is 6.55. The van der Waals surface area contributed by atoms with Gasteiger partial charge in [-0.25, -0.2) is 0 Å². The fraction of sp³-hybridized carbons (Fsp3) is 0.600.